The molecular formula is C19H29NO8S4. The Bertz CT molecular complexity index is 933. The van der Waals surface area contributed by atoms with Crippen LogP contribution in [0.3, 0.4) is 0 Å². The van der Waals surface area contributed by atoms with Gasteiger partial charge in [-0.15, -0.1) is 0 Å². The fraction of sp³-hybridized carbons (Fsp3) is 0.316. The number of hydrogen-bond acceptors (Lipinski definition) is 8. The minimum Gasteiger partial charge on any atom is -0.480 e. The molecule has 5 N–H and O–H groups in total. The summed E-state index contributed by atoms with van der Waals surface area (Å²) in [6.07, 6.45) is 4.08. The second-order valence-electron chi connectivity index (χ2n) is 6.11. The number of carboxylic acids is 1. The molecule has 9 nitrogen and oxygen atoms in total. The van der Waals surface area contributed by atoms with Gasteiger partial charge in [0.1, 0.15) is 6.04 Å². The first-order valence-electron chi connectivity index (χ1n) is 8.67. The molecule has 13 heteroatoms. The summed E-state index contributed by atoms with van der Waals surface area (Å²) in [7, 11) is -8.04. The molecule has 0 amide bonds. The van der Waals surface area contributed by atoms with Crippen LogP contribution in [-0.2, 0) is 25.0 Å². The molecular weight excluding hydrogens is 498 g/mol. The van der Waals surface area contributed by atoms with Gasteiger partial charge in [-0.25, -0.2) is 0 Å². The monoisotopic (exact) mass is 527 g/mol. The Morgan fingerprint density at radius 3 is 1.25 bits per heavy atom. The van der Waals surface area contributed by atoms with E-state index in [0.717, 1.165) is 11.1 Å². The number of carboxylic acid groups (broad SMARTS) is 1. The van der Waals surface area contributed by atoms with Gasteiger partial charge in [-0.1, -0.05) is 35.4 Å². The Morgan fingerprint density at radius 2 is 1.12 bits per heavy atom. The maximum Gasteiger partial charge on any atom is 0.321 e. The van der Waals surface area contributed by atoms with Crippen LogP contribution < -0.4 is 5.73 Å². The lowest BCUT2D eigenvalue weighted by Crippen LogP contribution is -2.31. The van der Waals surface area contributed by atoms with Crippen LogP contribution in [0.1, 0.15) is 11.1 Å². The van der Waals surface area contributed by atoms with E-state index < -0.39 is 32.2 Å². The molecule has 0 heterocycles. The highest BCUT2D eigenvalue weighted by Gasteiger charge is 2.08. The second kappa shape index (κ2) is 16.1. The number of rotatable bonds is 4. The van der Waals surface area contributed by atoms with Gasteiger partial charge in [-0.05, 0) is 50.6 Å². The molecule has 0 unspecified atom stereocenters. The molecule has 1 atom stereocenters. The minimum atomic E-state index is -4.02. The van der Waals surface area contributed by atoms with Crippen molar-refractivity contribution in [2.75, 3.05) is 18.3 Å². The molecule has 0 aromatic heterocycles. The highest BCUT2D eigenvalue weighted by Crippen LogP contribution is 2.09. The van der Waals surface area contributed by atoms with Crippen LogP contribution >= 0.6 is 24.4 Å². The first kappa shape index (κ1) is 32.6. The van der Waals surface area contributed by atoms with E-state index in [2.05, 4.69) is 12.6 Å². The molecule has 32 heavy (non-hydrogen) atoms. The van der Waals surface area contributed by atoms with Crippen LogP contribution in [0, 0.1) is 13.8 Å². The third-order valence-corrected chi connectivity index (χ3v) is 5.28. The van der Waals surface area contributed by atoms with E-state index in [1.165, 1.54) is 24.3 Å². The number of aliphatic carboxylic acids is 1. The van der Waals surface area contributed by atoms with Gasteiger partial charge in [-0.3, -0.25) is 13.9 Å². The van der Waals surface area contributed by atoms with Gasteiger partial charge >= 0.3 is 5.97 Å². The van der Waals surface area contributed by atoms with Crippen LogP contribution in [0.5, 0.6) is 0 Å². The highest BCUT2D eigenvalue weighted by molar-refractivity contribution is 7.97. The molecule has 0 bridgehead atoms. The lowest BCUT2D eigenvalue weighted by molar-refractivity contribution is -0.137. The largest absolute Gasteiger partial charge is 0.480 e. The quantitative estimate of drug-likeness (QED) is 0.294. The van der Waals surface area contributed by atoms with Crippen molar-refractivity contribution in [3.63, 3.8) is 0 Å². The predicted octanol–water partition coefficient (Wildman–Crippen LogP) is 2.79. The third-order valence-electron chi connectivity index (χ3n) is 3.15. The van der Waals surface area contributed by atoms with Crippen molar-refractivity contribution in [1.82, 2.24) is 0 Å². The molecule has 182 valence electrons. The second-order valence-corrected chi connectivity index (χ2v) is 10.1. The van der Waals surface area contributed by atoms with Crippen LogP contribution in [0.15, 0.2) is 58.3 Å². The summed E-state index contributed by atoms with van der Waals surface area (Å²) in [5.41, 5.74) is 6.85. The predicted molar refractivity (Wildman–Crippen MR) is 131 cm³/mol. The molecule has 0 saturated heterocycles. The van der Waals surface area contributed by atoms with Crippen LogP contribution in [0.25, 0.3) is 0 Å². The number of thiol groups is 1. The maximum atomic E-state index is 10.5. The summed E-state index contributed by atoms with van der Waals surface area (Å²) in [6, 6.07) is 11.2. The lowest BCUT2D eigenvalue weighted by Gasteiger charge is -1.96. The minimum absolute atomic E-state index is 0.0666. The summed E-state index contributed by atoms with van der Waals surface area (Å²) >= 11 is 5.40. The zero-order valence-electron chi connectivity index (χ0n) is 18.0. The average Bonchev–Trinajstić information content (AvgIpc) is 2.68. The summed E-state index contributed by atoms with van der Waals surface area (Å²) in [5, 5.41) is 8.01. The van der Waals surface area contributed by atoms with Crippen molar-refractivity contribution >= 4 is 50.6 Å². The van der Waals surface area contributed by atoms with Crippen molar-refractivity contribution in [2.45, 2.75) is 29.7 Å². The van der Waals surface area contributed by atoms with Gasteiger partial charge in [0, 0.05) is 5.75 Å². The number of carbonyl (C=O) groups is 1. The first-order valence-corrected chi connectivity index (χ1v) is 13.8. The Balaban J connectivity index is 0. The molecule has 2 aromatic rings. The van der Waals surface area contributed by atoms with Crippen molar-refractivity contribution < 1.29 is 35.8 Å². The summed E-state index contributed by atoms with van der Waals surface area (Å²) in [6.45, 7) is 3.68. The highest BCUT2D eigenvalue weighted by atomic mass is 32.2. The van der Waals surface area contributed by atoms with E-state index >= 15 is 0 Å². The molecule has 0 aliphatic heterocycles. The summed E-state index contributed by atoms with van der Waals surface area (Å²) in [4.78, 5) is 9.62. The number of hydrogen-bond donors (Lipinski definition) is 5. The van der Waals surface area contributed by atoms with Crippen molar-refractivity contribution in [3.8, 4) is 0 Å². The standard InChI is InChI=1S/2C7H8O3S.C3H7NO2S.C2H6S/c2*1-6-2-4-7(5-3-6)11(8,9)10;4-2(1-7)3(5)6;1-3-2/h2*2-5H,1H3,(H,8,9,10);2,7H,1,4H2,(H,5,6);1-2H3/t;;2-;/m..0./s1. The smallest absolute Gasteiger partial charge is 0.321 e. The number of aryl methyl sites for hydroxylation is 2. The Kier molecular flexibility index (Phi) is 16.4. The van der Waals surface area contributed by atoms with Crippen molar-refractivity contribution in [2.24, 2.45) is 5.73 Å². The van der Waals surface area contributed by atoms with E-state index in [0.29, 0.717) is 0 Å². The molecule has 0 radical (unpaired) electrons. The van der Waals surface area contributed by atoms with Gasteiger partial charge in [0.05, 0.1) is 9.79 Å². The Morgan fingerprint density at radius 1 is 0.875 bits per heavy atom. The van der Waals surface area contributed by atoms with Crippen molar-refractivity contribution in [3.05, 3.63) is 59.7 Å². The Hall–Kier alpha value is -1.61. The van der Waals surface area contributed by atoms with Gasteiger partial charge in [0.15, 0.2) is 0 Å². The lowest BCUT2D eigenvalue weighted by atomic mass is 10.2. The van der Waals surface area contributed by atoms with E-state index in [9.17, 15) is 21.6 Å². The molecule has 2 aromatic carbocycles. The molecule has 0 aliphatic carbocycles. The van der Waals surface area contributed by atoms with E-state index in [4.69, 9.17) is 19.9 Å². The van der Waals surface area contributed by atoms with Gasteiger partial charge < -0.3 is 10.8 Å². The first-order chi connectivity index (χ1) is 14.6. The topological polar surface area (TPSA) is 172 Å². The number of nitrogens with two attached hydrogens (primary N) is 1. The number of benzene rings is 2. The normalized spacial score (nSPS) is 11.4. The van der Waals surface area contributed by atoms with Crippen LogP contribution in [0.4, 0.5) is 0 Å². The third kappa shape index (κ3) is 16.1. The van der Waals surface area contributed by atoms with E-state index in [1.54, 1.807) is 36.0 Å². The summed E-state index contributed by atoms with van der Waals surface area (Å²) < 4.78 is 59.1. The zero-order valence-corrected chi connectivity index (χ0v) is 21.4. The fourth-order valence-corrected chi connectivity index (χ4v) is 2.61. The average molecular weight is 528 g/mol. The van der Waals surface area contributed by atoms with Gasteiger partial charge in [0.2, 0.25) is 0 Å². The molecule has 0 aliphatic rings. The van der Waals surface area contributed by atoms with Gasteiger partial charge in [-0.2, -0.15) is 41.2 Å². The van der Waals surface area contributed by atoms with Crippen LogP contribution in [0.2, 0.25) is 0 Å². The summed E-state index contributed by atoms with van der Waals surface area (Å²) in [5.74, 6) is -0.815. The zero-order chi connectivity index (χ0) is 25.5. The molecule has 2 rings (SSSR count). The maximum absolute atomic E-state index is 10.5. The molecule has 0 saturated carbocycles. The van der Waals surface area contributed by atoms with E-state index in [1.807, 2.05) is 26.4 Å². The van der Waals surface area contributed by atoms with Crippen LogP contribution in [-0.4, -0.2) is 61.3 Å². The van der Waals surface area contributed by atoms with Gasteiger partial charge in [0.25, 0.3) is 20.2 Å². The van der Waals surface area contributed by atoms with Crippen molar-refractivity contribution in [1.29, 1.82) is 0 Å². The molecule has 0 fully saturated rings. The SMILES string of the molecule is CSC.Cc1ccc(S(=O)(=O)O)cc1.Cc1ccc(S(=O)(=O)O)cc1.N[C@@H](CS)C(=O)O. The van der Waals surface area contributed by atoms with E-state index in [-0.39, 0.29) is 15.5 Å². The number of thioether (sulfide) groups is 1. The Labute approximate surface area is 199 Å². The fourth-order valence-electron chi connectivity index (χ4n) is 1.50. The molecule has 0 spiro atoms.